The fraction of sp³-hybridized carbons (Fsp3) is 0.500. The number of halogens is 4. The topological polar surface area (TPSA) is 50.1 Å². The van der Waals surface area contributed by atoms with Crippen molar-refractivity contribution in [1.82, 2.24) is 24.6 Å². The van der Waals surface area contributed by atoms with Crippen LogP contribution in [0.25, 0.3) is 5.69 Å². The molecule has 2 aromatic heterocycles. The van der Waals surface area contributed by atoms with E-state index in [2.05, 4.69) is 34.2 Å². The first-order valence-corrected chi connectivity index (χ1v) is 12.8. The molecule has 3 aliphatic rings. The Morgan fingerprint density at radius 2 is 1.75 bits per heavy atom. The number of aryl methyl sites for hydroxylation is 2. The highest BCUT2D eigenvalue weighted by molar-refractivity contribution is 6.30. The van der Waals surface area contributed by atoms with Crippen molar-refractivity contribution < 1.29 is 13.2 Å². The molecule has 6 nitrogen and oxygen atoms in total. The minimum atomic E-state index is -4.29. The first-order chi connectivity index (χ1) is 17.1. The van der Waals surface area contributed by atoms with E-state index < -0.39 is 11.7 Å². The van der Waals surface area contributed by atoms with Gasteiger partial charge < -0.3 is 4.90 Å². The van der Waals surface area contributed by atoms with Gasteiger partial charge in [-0.15, -0.1) is 10.2 Å². The highest BCUT2D eigenvalue weighted by Crippen LogP contribution is 2.55. The van der Waals surface area contributed by atoms with Gasteiger partial charge in [-0.3, -0.25) is 9.47 Å². The molecule has 0 spiro atoms. The number of hydrogen-bond acceptors (Lipinski definition) is 5. The van der Waals surface area contributed by atoms with Gasteiger partial charge in [-0.05, 0) is 81.0 Å². The fourth-order valence-corrected chi connectivity index (χ4v) is 6.03. The van der Waals surface area contributed by atoms with Crippen molar-refractivity contribution in [3.63, 3.8) is 0 Å². The molecule has 190 valence electrons. The zero-order valence-electron chi connectivity index (χ0n) is 20.3. The number of aromatic nitrogens is 4. The van der Waals surface area contributed by atoms with Crippen molar-refractivity contribution in [2.24, 2.45) is 0 Å². The minimum absolute atomic E-state index is 0.101. The Kier molecular flexibility index (Phi) is 5.57. The first-order valence-electron chi connectivity index (χ1n) is 12.4. The minimum Gasteiger partial charge on any atom is -0.357 e. The molecule has 2 fully saturated rings. The quantitative estimate of drug-likeness (QED) is 0.445. The van der Waals surface area contributed by atoms with E-state index in [0.29, 0.717) is 10.8 Å². The molecule has 1 aliphatic carbocycles. The normalized spacial score (nSPS) is 20.1. The van der Waals surface area contributed by atoms with E-state index in [1.165, 1.54) is 10.5 Å². The SMILES string of the molecule is Cc1cc(C)nc(N2CCC(c3nnc4n3-c3ccc(Cl)cc3CN(C3(C(F)(F)F)CC3)C4)CC2)c1. The molecule has 0 unspecified atom stereocenters. The smallest absolute Gasteiger partial charge is 0.357 e. The molecule has 1 saturated carbocycles. The van der Waals surface area contributed by atoms with Gasteiger partial charge in [0, 0.05) is 36.3 Å². The summed E-state index contributed by atoms with van der Waals surface area (Å²) in [5.74, 6) is 2.52. The Hall–Kier alpha value is -2.65. The van der Waals surface area contributed by atoms with Gasteiger partial charge in [0.2, 0.25) is 0 Å². The van der Waals surface area contributed by atoms with Gasteiger partial charge >= 0.3 is 6.18 Å². The second-order valence-electron chi connectivity index (χ2n) is 10.4. The molecule has 0 atom stereocenters. The second-order valence-corrected chi connectivity index (χ2v) is 10.8. The van der Waals surface area contributed by atoms with Crippen LogP contribution >= 0.6 is 11.6 Å². The van der Waals surface area contributed by atoms with Gasteiger partial charge in [-0.2, -0.15) is 13.2 Å². The summed E-state index contributed by atoms with van der Waals surface area (Å²) in [6.07, 6.45) is -2.34. The number of benzene rings is 1. The Labute approximate surface area is 213 Å². The van der Waals surface area contributed by atoms with E-state index in [1.54, 1.807) is 12.1 Å². The lowest BCUT2D eigenvalue weighted by Crippen LogP contribution is -2.47. The molecule has 1 aromatic carbocycles. The molecule has 2 aliphatic heterocycles. The standard InChI is InChI=1S/C26H28ClF3N6/c1-16-11-17(2)31-22(12-16)34-9-5-18(6-10-34)24-33-32-23-15-35(25(7-8-25)26(28,29)30)14-19-13-20(27)3-4-21(19)36(23)24/h3-4,11-13,18H,5-10,14-15H2,1-2H3. The molecule has 10 heteroatoms. The summed E-state index contributed by atoms with van der Waals surface area (Å²) < 4.78 is 44.1. The van der Waals surface area contributed by atoms with Gasteiger partial charge in [0.1, 0.15) is 17.2 Å². The van der Waals surface area contributed by atoms with Crippen LogP contribution in [-0.2, 0) is 13.1 Å². The van der Waals surface area contributed by atoms with Crippen molar-refractivity contribution in [2.75, 3.05) is 18.0 Å². The zero-order chi connectivity index (χ0) is 25.2. The summed E-state index contributed by atoms with van der Waals surface area (Å²) >= 11 is 6.29. The number of hydrogen-bond donors (Lipinski definition) is 0. The molecule has 3 aromatic rings. The molecular formula is C26H28ClF3N6. The van der Waals surface area contributed by atoms with E-state index in [9.17, 15) is 13.2 Å². The Morgan fingerprint density at radius 1 is 1.00 bits per heavy atom. The summed E-state index contributed by atoms with van der Waals surface area (Å²) in [5.41, 5.74) is 2.00. The zero-order valence-corrected chi connectivity index (χ0v) is 21.1. The van der Waals surface area contributed by atoms with Crippen LogP contribution in [0.3, 0.4) is 0 Å². The van der Waals surface area contributed by atoms with Crippen molar-refractivity contribution in [3.8, 4) is 5.69 Å². The predicted molar refractivity (Wildman–Crippen MR) is 132 cm³/mol. The van der Waals surface area contributed by atoms with Gasteiger partial charge in [0.15, 0.2) is 5.82 Å². The maximum absolute atomic E-state index is 14.0. The molecule has 0 N–H and O–H groups in total. The molecule has 0 radical (unpaired) electrons. The predicted octanol–water partition coefficient (Wildman–Crippen LogP) is 5.73. The second kappa shape index (κ2) is 8.45. The lowest BCUT2D eigenvalue weighted by Gasteiger charge is -2.33. The monoisotopic (exact) mass is 516 g/mol. The van der Waals surface area contributed by atoms with Crippen LogP contribution < -0.4 is 4.90 Å². The highest BCUT2D eigenvalue weighted by atomic mass is 35.5. The van der Waals surface area contributed by atoms with Crippen molar-refractivity contribution >= 4 is 17.4 Å². The van der Waals surface area contributed by atoms with Crippen molar-refractivity contribution in [1.29, 1.82) is 0 Å². The number of nitrogens with zero attached hydrogens (tertiary/aromatic N) is 6. The van der Waals surface area contributed by atoms with Crippen LogP contribution in [0, 0.1) is 13.8 Å². The number of piperidine rings is 1. The first kappa shape index (κ1) is 23.7. The Morgan fingerprint density at radius 3 is 2.42 bits per heavy atom. The van der Waals surface area contributed by atoms with Crippen LogP contribution in [-0.4, -0.2) is 49.5 Å². The lowest BCUT2D eigenvalue weighted by molar-refractivity contribution is -0.200. The fourth-order valence-electron chi connectivity index (χ4n) is 5.84. The summed E-state index contributed by atoms with van der Waals surface area (Å²) in [6, 6.07) is 9.63. The number of rotatable bonds is 3. The number of alkyl halides is 3. The Bertz CT molecular complexity index is 1290. The average Bonchev–Trinajstić information content (AvgIpc) is 3.57. The van der Waals surface area contributed by atoms with Gasteiger partial charge in [0.25, 0.3) is 0 Å². The van der Waals surface area contributed by atoms with E-state index in [1.807, 2.05) is 17.6 Å². The third kappa shape index (κ3) is 3.96. The van der Waals surface area contributed by atoms with E-state index in [-0.39, 0.29) is 31.8 Å². The molecule has 0 bridgehead atoms. The molecule has 4 heterocycles. The highest BCUT2D eigenvalue weighted by Gasteiger charge is 2.66. The summed E-state index contributed by atoms with van der Waals surface area (Å²) in [6.45, 7) is 6.03. The van der Waals surface area contributed by atoms with Crippen molar-refractivity contribution in [2.45, 2.75) is 70.3 Å². The van der Waals surface area contributed by atoms with E-state index in [0.717, 1.165) is 54.5 Å². The van der Waals surface area contributed by atoms with Crippen LogP contribution in [0.4, 0.5) is 19.0 Å². The third-order valence-corrected chi connectivity index (χ3v) is 8.09. The summed E-state index contributed by atoms with van der Waals surface area (Å²) in [7, 11) is 0. The van der Waals surface area contributed by atoms with Crippen LogP contribution in [0.5, 0.6) is 0 Å². The van der Waals surface area contributed by atoms with Gasteiger partial charge in [-0.25, -0.2) is 4.98 Å². The molecule has 36 heavy (non-hydrogen) atoms. The lowest BCUT2D eigenvalue weighted by atomic mass is 9.95. The van der Waals surface area contributed by atoms with Gasteiger partial charge in [0.05, 0.1) is 12.2 Å². The third-order valence-electron chi connectivity index (χ3n) is 7.86. The van der Waals surface area contributed by atoms with E-state index >= 15 is 0 Å². The summed E-state index contributed by atoms with van der Waals surface area (Å²) in [5, 5.41) is 9.49. The average molecular weight is 517 g/mol. The Balaban J connectivity index is 1.32. The van der Waals surface area contributed by atoms with Crippen molar-refractivity contribution in [3.05, 3.63) is 63.8 Å². The maximum Gasteiger partial charge on any atom is 0.406 e. The van der Waals surface area contributed by atoms with E-state index in [4.69, 9.17) is 16.6 Å². The maximum atomic E-state index is 14.0. The van der Waals surface area contributed by atoms with Crippen LogP contribution in [0.15, 0.2) is 30.3 Å². The molecule has 0 amide bonds. The number of fused-ring (bicyclic) bond motifs is 3. The molecule has 1 saturated heterocycles. The van der Waals surface area contributed by atoms with Crippen LogP contribution in [0.2, 0.25) is 5.02 Å². The largest absolute Gasteiger partial charge is 0.406 e. The molecule has 6 rings (SSSR count). The molecular weight excluding hydrogens is 489 g/mol. The number of pyridine rings is 1. The van der Waals surface area contributed by atoms with Crippen LogP contribution in [0.1, 0.15) is 60.1 Å². The summed E-state index contributed by atoms with van der Waals surface area (Å²) in [4.78, 5) is 8.53. The van der Waals surface area contributed by atoms with Gasteiger partial charge in [-0.1, -0.05) is 11.6 Å². The number of anilines is 1.